The molecule has 21 heavy (non-hydrogen) atoms. The van der Waals surface area contributed by atoms with Crippen molar-refractivity contribution in [1.82, 2.24) is 4.90 Å². The molecular formula is C15H16Cl2N2O2. The molecule has 2 aliphatic rings. The van der Waals surface area contributed by atoms with Gasteiger partial charge in [0, 0.05) is 35.2 Å². The number of carbonyl (C=O) groups is 2. The molecule has 4 nitrogen and oxygen atoms in total. The maximum absolute atomic E-state index is 12.8. The van der Waals surface area contributed by atoms with Gasteiger partial charge in [0.05, 0.1) is 0 Å². The Labute approximate surface area is 133 Å². The summed E-state index contributed by atoms with van der Waals surface area (Å²) in [7, 11) is 0. The highest BCUT2D eigenvalue weighted by molar-refractivity contribution is 6.35. The van der Waals surface area contributed by atoms with E-state index in [9.17, 15) is 9.59 Å². The molecule has 0 N–H and O–H groups in total. The second-order valence-electron chi connectivity index (χ2n) is 5.47. The van der Waals surface area contributed by atoms with Gasteiger partial charge >= 0.3 is 0 Å². The fraction of sp³-hybridized carbons (Fsp3) is 0.467. The van der Waals surface area contributed by atoms with Gasteiger partial charge in [0.15, 0.2) is 0 Å². The molecule has 2 aliphatic heterocycles. The number of hydrogen-bond donors (Lipinski definition) is 0. The van der Waals surface area contributed by atoms with Crippen molar-refractivity contribution in [1.29, 1.82) is 0 Å². The van der Waals surface area contributed by atoms with E-state index in [4.69, 9.17) is 23.2 Å². The van der Waals surface area contributed by atoms with Crippen LogP contribution in [0.3, 0.4) is 0 Å². The topological polar surface area (TPSA) is 40.6 Å². The maximum Gasteiger partial charge on any atom is 0.249 e. The summed E-state index contributed by atoms with van der Waals surface area (Å²) < 4.78 is 0. The second kappa shape index (κ2) is 5.85. The standard InChI is InChI=1S/C15H16Cl2N2O2/c16-10-7-11(17)9-12(8-10)18-6-4-14(20)19-5-2-1-3-13(19)15(18)21/h7-9,13H,1-6H2. The minimum Gasteiger partial charge on any atom is -0.331 e. The van der Waals surface area contributed by atoms with Gasteiger partial charge in [-0.05, 0) is 37.5 Å². The Kier molecular flexibility index (Phi) is 4.09. The van der Waals surface area contributed by atoms with Gasteiger partial charge < -0.3 is 9.80 Å². The van der Waals surface area contributed by atoms with Crippen molar-refractivity contribution in [2.75, 3.05) is 18.0 Å². The normalized spacial score (nSPS) is 23.0. The summed E-state index contributed by atoms with van der Waals surface area (Å²) in [6.45, 7) is 1.06. The molecule has 2 amide bonds. The lowest BCUT2D eigenvalue weighted by atomic mass is 10.0. The van der Waals surface area contributed by atoms with Crippen LogP contribution >= 0.6 is 23.2 Å². The fourth-order valence-electron chi connectivity index (χ4n) is 3.08. The second-order valence-corrected chi connectivity index (χ2v) is 6.34. The van der Waals surface area contributed by atoms with Crippen LogP contribution in [0.5, 0.6) is 0 Å². The SMILES string of the molecule is O=C1C2CCCCN2C(=O)CCN1c1cc(Cl)cc(Cl)c1. The van der Waals surface area contributed by atoms with Gasteiger partial charge in [0.1, 0.15) is 6.04 Å². The summed E-state index contributed by atoms with van der Waals surface area (Å²) in [6, 6.07) is 4.72. The molecule has 2 fully saturated rings. The van der Waals surface area contributed by atoms with E-state index < -0.39 is 0 Å². The first kappa shape index (κ1) is 14.7. The van der Waals surface area contributed by atoms with Crippen LogP contribution in [0.4, 0.5) is 5.69 Å². The van der Waals surface area contributed by atoms with Crippen molar-refractivity contribution in [3.05, 3.63) is 28.2 Å². The summed E-state index contributed by atoms with van der Waals surface area (Å²) in [5.74, 6) is 0.0301. The first-order chi connectivity index (χ1) is 10.1. The maximum atomic E-state index is 12.8. The minimum absolute atomic E-state index is 0.0288. The first-order valence-electron chi connectivity index (χ1n) is 7.13. The van der Waals surface area contributed by atoms with Crippen molar-refractivity contribution in [2.45, 2.75) is 31.7 Å². The third kappa shape index (κ3) is 2.87. The van der Waals surface area contributed by atoms with E-state index in [-0.39, 0.29) is 17.9 Å². The predicted molar refractivity (Wildman–Crippen MR) is 82.8 cm³/mol. The van der Waals surface area contributed by atoms with Gasteiger partial charge in [-0.2, -0.15) is 0 Å². The van der Waals surface area contributed by atoms with Gasteiger partial charge in [-0.25, -0.2) is 0 Å². The van der Waals surface area contributed by atoms with Crippen LogP contribution in [0, 0.1) is 0 Å². The van der Waals surface area contributed by atoms with Crippen LogP contribution in [0.15, 0.2) is 18.2 Å². The van der Waals surface area contributed by atoms with E-state index in [0.29, 0.717) is 35.2 Å². The largest absolute Gasteiger partial charge is 0.331 e. The van der Waals surface area contributed by atoms with Crippen molar-refractivity contribution < 1.29 is 9.59 Å². The number of halogens is 2. The molecule has 1 aromatic rings. The number of anilines is 1. The van der Waals surface area contributed by atoms with Crippen molar-refractivity contribution in [2.24, 2.45) is 0 Å². The van der Waals surface area contributed by atoms with E-state index in [1.165, 1.54) is 0 Å². The Bertz CT molecular complexity index is 571. The van der Waals surface area contributed by atoms with Crippen LogP contribution in [-0.4, -0.2) is 35.8 Å². The number of nitrogens with zero attached hydrogens (tertiary/aromatic N) is 2. The summed E-state index contributed by atoms with van der Waals surface area (Å²) >= 11 is 12.0. The van der Waals surface area contributed by atoms with E-state index >= 15 is 0 Å². The molecule has 0 radical (unpaired) electrons. The van der Waals surface area contributed by atoms with Crippen LogP contribution in [0.2, 0.25) is 10.0 Å². The molecule has 2 saturated heterocycles. The Morgan fingerprint density at radius 2 is 1.71 bits per heavy atom. The predicted octanol–water partition coefficient (Wildman–Crippen LogP) is 3.11. The lowest BCUT2D eigenvalue weighted by Crippen LogP contribution is -2.49. The number of hydrogen-bond acceptors (Lipinski definition) is 2. The van der Waals surface area contributed by atoms with Crippen LogP contribution < -0.4 is 4.90 Å². The van der Waals surface area contributed by atoms with E-state index in [2.05, 4.69) is 0 Å². The van der Waals surface area contributed by atoms with Gasteiger partial charge in [0.2, 0.25) is 11.8 Å². The fourth-order valence-corrected chi connectivity index (χ4v) is 3.59. The average molecular weight is 327 g/mol. The average Bonchev–Trinajstić information content (AvgIpc) is 2.57. The van der Waals surface area contributed by atoms with E-state index in [0.717, 1.165) is 19.3 Å². The molecule has 1 unspecified atom stereocenters. The minimum atomic E-state index is -0.341. The van der Waals surface area contributed by atoms with Crippen molar-refractivity contribution in [3.8, 4) is 0 Å². The van der Waals surface area contributed by atoms with Crippen LogP contribution in [0.25, 0.3) is 0 Å². The molecule has 2 heterocycles. The molecule has 0 aromatic heterocycles. The number of benzene rings is 1. The Morgan fingerprint density at radius 1 is 1.00 bits per heavy atom. The number of piperidine rings is 1. The lowest BCUT2D eigenvalue weighted by Gasteiger charge is -2.34. The van der Waals surface area contributed by atoms with Crippen LogP contribution in [-0.2, 0) is 9.59 Å². The summed E-state index contributed by atoms with van der Waals surface area (Å²) in [5.41, 5.74) is 0.665. The lowest BCUT2D eigenvalue weighted by molar-refractivity contribution is -0.138. The monoisotopic (exact) mass is 326 g/mol. The molecule has 0 spiro atoms. The number of amides is 2. The number of carbonyl (C=O) groups excluding carboxylic acids is 2. The highest BCUT2D eigenvalue weighted by Gasteiger charge is 2.38. The third-order valence-corrected chi connectivity index (χ3v) is 4.52. The van der Waals surface area contributed by atoms with Gasteiger partial charge in [-0.1, -0.05) is 23.2 Å². The molecule has 1 aromatic carbocycles. The molecule has 0 bridgehead atoms. The Balaban J connectivity index is 1.95. The first-order valence-corrected chi connectivity index (χ1v) is 7.89. The zero-order chi connectivity index (χ0) is 15.0. The molecular weight excluding hydrogens is 311 g/mol. The molecule has 0 aliphatic carbocycles. The molecule has 112 valence electrons. The Morgan fingerprint density at radius 3 is 2.43 bits per heavy atom. The molecule has 0 saturated carbocycles. The van der Waals surface area contributed by atoms with E-state index in [1.54, 1.807) is 28.0 Å². The van der Waals surface area contributed by atoms with Gasteiger partial charge in [-0.3, -0.25) is 9.59 Å². The highest BCUT2D eigenvalue weighted by Crippen LogP contribution is 2.30. The van der Waals surface area contributed by atoms with Gasteiger partial charge in [-0.15, -0.1) is 0 Å². The van der Waals surface area contributed by atoms with Crippen LogP contribution in [0.1, 0.15) is 25.7 Å². The smallest absolute Gasteiger partial charge is 0.249 e. The summed E-state index contributed by atoms with van der Waals surface area (Å²) in [4.78, 5) is 28.4. The summed E-state index contributed by atoms with van der Waals surface area (Å²) in [5, 5.41) is 0.975. The molecule has 6 heteroatoms. The quantitative estimate of drug-likeness (QED) is 0.795. The third-order valence-electron chi connectivity index (χ3n) is 4.08. The van der Waals surface area contributed by atoms with E-state index in [1.807, 2.05) is 0 Å². The zero-order valence-corrected chi connectivity index (χ0v) is 13.0. The number of fused-ring (bicyclic) bond motifs is 1. The Hall–Kier alpha value is -1.26. The van der Waals surface area contributed by atoms with Gasteiger partial charge in [0.25, 0.3) is 0 Å². The number of rotatable bonds is 1. The van der Waals surface area contributed by atoms with Crippen molar-refractivity contribution >= 4 is 40.7 Å². The summed E-state index contributed by atoms with van der Waals surface area (Å²) in [6.07, 6.45) is 3.02. The molecule has 3 rings (SSSR count). The highest BCUT2D eigenvalue weighted by atomic mass is 35.5. The van der Waals surface area contributed by atoms with Crippen molar-refractivity contribution in [3.63, 3.8) is 0 Å². The molecule has 1 atom stereocenters. The zero-order valence-electron chi connectivity index (χ0n) is 11.5.